The van der Waals surface area contributed by atoms with Gasteiger partial charge in [0.25, 0.3) is 5.91 Å². The molecule has 0 radical (unpaired) electrons. The Morgan fingerprint density at radius 1 is 0.923 bits per heavy atom. The van der Waals surface area contributed by atoms with Crippen molar-refractivity contribution in [2.75, 3.05) is 6.61 Å². The Hall–Kier alpha value is -3.22. The lowest BCUT2D eigenvalue weighted by Gasteiger charge is -2.07. The van der Waals surface area contributed by atoms with Gasteiger partial charge in [-0.1, -0.05) is 42.5 Å². The highest BCUT2D eigenvalue weighted by Crippen LogP contribution is 2.06. The predicted molar refractivity (Wildman–Crippen MR) is 92.5 cm³/mol. The van der Waals surface area contributed by atoms with Gasteiger partial charge in [-0.05, 0) is 29.7 Å². The number of benzene rings is 2. The van der Waals surface area contributed by atoms with E-state index in [2.05, 4.69) is 10.6 Å². The van der Waals surface area contributed by atoms with Crippen LogP contribution in [-0.4, -0.2) is 24.5 Å². The molecule has 2 aromatic carbocycles. The minimum absolute atomic E-state index is 0.0547. The lowest BCUT2D eigenvalue weighted by Crippen LogP contribution is -2.41. The van der Waals surface area contributed by atoms with Crippen molar-refractivity contribution in [3.8, 4) is 0 Å². The molecule has 0 spiro atoms. The summed E-state index contributed by atoms with van der Waals surface area (Å²) in [6.07, 6.45) is 0.428. The van der Waals surface area contributed by atoms with Crippen LogP contribution >= 0.6 is 0 Å². The summed E-state index contributed by atoms with van der Waals surface area (Å²) in [5.74, 6) is -1.64. The van der Waals surface area contributed by atoms with Crippen molar-refractivity contribution in [2.24, 2.45) is 0 Å². The molecule has 0 bridgehead atoms. The minimum atomic E-state index is -0.717. The number of imide groups is 1. The van der Waals surface area contributed by atoms with E-state index in [4.69, 9.17) is 4.74 Å². The van der Waals surface area contributed by atoms with Crippen LogP contribution in [0.25, 0.3) is 0 Å². The zero-order chi connectivity index (χ0) is 18.8. The maximum absolute atomic E-state index is 12.8. The molecular weight excluding hydrogens is 339 g/mol. The zero-order valence-electron chi connectivity index (χ0n) is 14.0. The molecule has 0 saturated heterocycles. The Kier molecular flexibility index (Phi) is 7.30. The van der Waals surface area contributed by atoms with Crippen LogP contribution in [-0.2, 0) is 27.3 Å². The molecular formula is C19H19FN2O4. The molecule has 3 amide bonds. The van der Waals surface area contributed by atoms with E-state index in [1.807, 2.05) is 30.3 Å². The van der Waals surface area contributed by atoms with Gasteiger partial charge in [0.05, 0.1) is 0 Å². The Morgan fingerprint density at radius 2 is 1.62 bits per heavy atom. The summed E-state index contributed by atoms with van der Waals surface area (Å²) in [6.45, 7) is -0.265. The van der Waals surface area contributed by atoms with Crippen molar-refractivity contribution < 1.29 is 23.5 Å². The number of aryl methyl sites for hydroxylation is 1. The van der Waals surface area contributed by atoms with Crippen LogP contribution in [0, 0.1) is 5.82 Å². The van der Waals surface area contributed by atoms with Crippen molar-refractivity contribution in [1.29, 1.82) is 0 Å². The van der Waals surface area contributed by atoms with Gasteiger partial charge in [-0.25, -0.2) is 9.18 Å². The highest BCUT2D eigenvalue weighted by molar-refractivity contribution is 5.95. The molecule has 2 N–H and O–H groups in total. The molecule has 0 atom stereocenters. The second-order valence-electron chi connectivity index (χ2n) is 5.50. The van der Waals surface area contributed by atoms with E-state index >= 15 is 0 Å². The maximum Gasteiger partial charge on any atom is 0.321 e. The summed E-state index contributed by atoms with van der Waals surface area (Å²) in [7, 11) is 0. The van der Waals surface area contributed by atoms with Crippen molar-refractivity contribution in [2.45, 2.75) is 19.4 Å². The highest BCUT2D eigenvalue weighted by Gasteiger charge is 2.11. The number of carbonyl (C=O) groups excluding carboxylic acids is 3. The molecule has 2 rings (SSSR count). The molecule has 6 nitrogen and oxygen atoms in total. The zero-order valence-corrected chi connectivity index (χ0v) is 14.0. The van der Waals surface area contributed by atoms with Crippen molar-refractivity contribution in [3.05, 3.63) is 71.5 Å². The molecule has 0 aromatic heterocycles. The number of esters is 1. The molecule has 0 aliphatic rings. The van der Waals surface area contributed by atoms with Crippen LogP contribution < -0.4 is 10.6 Å². The fourth-order valence-electron chi connectivity index (χ4n) is 2.10. The molecule has 7 heteroatoms. The average Bonchev–Trinajstić information content (AvgIpc) is 2.65. The number of rotatable bonds is 7. The first-order valence-electron chi connectivity index (χ1n) is 8.04. The van der Waals surface area contributed by atoms with Gasteiger partial charge in [0.15, 0.2) is 6.61 Å². The first-order chi connectivity index (χ1) is 12.5. The van der Waals surface area contributed by atoms with Gasteiger partial charge in [0, 0.05) is 13.0 Å². The number of urea groups is 1. The quantitative estimate of drug-likeness (QED) is 0.744. The lowest BCUT2D eigenvalue weighted by molar-refractivity contribution is -0.148. The second-order valence-corrected chi connectivity index (χ2v) is 5.50. The van der Waals surface area contributed by atoms with Gasteiger partial charge in [-0.3, -0.25) is 14.9 Å². The number of halogens is 1. The number of hydrogen-bond donors (Lipinski definition) is 2. The standard InChI is InChI=1S/C19H19FN2O4/c20-16-9-6-14(7-10-16)8-11-18(24)26-13-17(23)22-19(25)21-12-15-4-2-1-3-5-15/h1-7,9-10H,8,11-13H2,(H2,21,22,23,25). The van der Waals surface area contributed by atoms with E-state index in [1.54, 1.807) is 12.1 Å². The molecule has 0 fully saturated rings. The smallest absolute Gasteiger partial charge is 0.321 e. The Labute approximate surface area is 150 Å². The Morgan fingerprint density at radius 3 is 2.31 bits per heavy atom. The maximum atomic E-state index is 12.8. The van der Waals surface area contributed by atoms with Gasteiger partial charge >= 0.3 is 12.0 Å². The summed E-state index contributed by atoms with van der Waals surface area (Å²) in [6, 6.07) is 14.3. The van der Waals surface area contributed by atoms with E-state index in [0.717, 1.165) is 11.1 Å². The largest absolute Gasteiger partial charge is 0.456 e. The van der Waals surface area contributed by atoms with Gasteiger partial charge in [-0.2, -0.15) is 0 Å². The van der Waals surface area contributed by atoms with Gasteiger partial charge < -0.3 is 10.1 Å². The first kappa shape index (κ1) is 19.1. The summed E-state index contributed by atoms with van der Waals surface area (Å²) in [5.41, 5.74) is 1.68. The van der Waals surface area contributed by atoms with E-state index in [9.17, 15) is 18.8 Å². The molecule has 136 valence electrons. The average molecular weight is 358 g/mol. The fourth-order valence-corrected chi connectivity index (χ4v) is 2.10. The number of carbonyl (C=O) groups is 3. The predicted octanol–water partition coefficient (Wildman–Crippen LogP) is 2.33. The number of hydrogen-bond acceptors (Lipinski definition) is 4. The summed E-state index contributed by atoms with van der Waals surface area (Å²) >= 11 is 0. The molecule has 0 aliphatic carbocycles. The molecule has 2 aromatic rings. The summed E-state index contributed by atoms with van der Waals surface area (Å²) in [4.78, 5) is 34.8. The van der Waals surface area contributed by atoms with Crippen molar-refractivity contribution in [1.82, 2.24) is 10.6 Å². The molecule has 0 unspecified atom stereocenters. The van der Waals surface area contributed by atoms with E-state index in [-0.39, 0.29) is 18.8 Å². The van der Waals surface area contributed by atoms with Gasteiger partial charge in [-0.15, -0.1) is 0 Å². The molecule has 0 heterocycles. The van der Waals surface area contributed by atoms with E-state index in [0.29, 0.717) is 6.42 Å². The third kappa shape index (κ3) is 7.12. The summed E-state index contributed by atoms with van der Waals surface area (Å²) in [5, 5.41) is 4.60. The third-order valence-electron chi connectivity index (χ3n) is 3.44. The van der Waals surface area contributed by atoms with Crippen LogP contribution in [0.2, 0.25) is 0 Å². The van der Waals surface area contributed by atoms with E-state index < -0.39 is 24.5 Å². The van der Waals surface area contributed by atoms with Crippen molar-refractivity contribution >= 4 is 17.9 Å². The Bertz CT molecular complexity index is 748. The normalized spacial score (nSPS) is 10.0. The molecule has 0 saturated carbocycles. The molecule has 0 aliphatic heterocycles. The topological polar surface area (TPSA) is 84.5 Å². The first-order valence-corrected chi connectivity index (χ1v) is 8.04. The highest BCUT2D eigenvalue weighted by atomic mass is 19.1. The third-order valence-corrected chi connectivity index (χ3v) is 3.44. The van der Waals surface area contributed by atoms with Gasteiger partial charge in [0.1, 0.15) is 5.82 Å². The second kappa shape index (κ2) is 9.93. The number of nitrogens with one attached hydrogen (secondary N) is 2. The SMILES string of the molecule is O=C(COC(=O)CCc1ccc(F)cc1)NC(=O)NCc1ccccc1. The monoisotopic (exact) mass is 358 g/mol. The Balaban J connectivity index is 1.62. The van der Waals surface area contributed by atoms with Crippen LogP contribution in [0.4, 0.5) is 9.18 Å². The summed E-state index contributed by atoms with van der Waals surface area (Å²) < 4.78 is 17.6. The fraction of sp³-hybridized carbons (Fsp3) is 0.211. The van der Waals surface area contributed by atoms with Crippen molar-refractivity contribution in [3.63, 3.8) is 0 Å². The van der Waals surface area contributed by atoms with Crippen LogP contribution in [0.3, 0.4) is 0 Å². The number of amides is 3. The van der Waals surface area contributed by atoms with Crippen LogP contribution in [0.15, 0.2) is 54.6 Å². The lowest BCUT2D eigenvalue weighted by atomic mass is 10.1. The minimum Gasteiger partial charge on any atom is -0.456 e. The van der Waals surface area contributed by atoms with Crippen LogP contribution in [0.1, 0.15) is 17.5 Å². The van der Waals surface area contributed by atoms with Gasteiger partial charge in [0.2, 0.25) is 0 Å². The molecule has 26 heavy (non-hydrogen) atoms. The van der Waals surface area contributed by atoms with Crippen LogP contribution in [0.5, 0.6) is 0 Å². The van der Waals surface area contributed by atoms with E-state index in [1.165, 1.54) is 12.1 Å². The number of ether oxygens (including phenoxy) is 1.